The average Bonchev–Trinajstić information content (AvgIpc) is 2.24. The Bertz CT molecular complexity index is 395. The number of hydrogen-bond acceptors (Lipinski definition) is 7. The van der Waals surface area contributed by atoms with Gasteiger partial charge in [0.1, 0.15) is 0 Å². The smallest absolute Gasteiger partial charge is 0.322 e. The van der Waals surface area contributed by atoms with E-state index in [1.165, 1.54) is 7.11 Å². The molecule has 0 amide bonds. The number of nitrogens with one attached hydrogen (secondary N) is 1. The van der Waals surface area contributed by atoms with Crippen LogP contribution in [0.4, 0.5) is 11.9 Å². The lowest BCUT2D eigenvalue weighted by Crippen LogP contribution is -2.35. The molecule has 0 aliphatic rings. The number of nitrogens with two attached hydrogens (primary N) is 1. The molecule has 1 atom stereocenters. The molecule has 7 heteroatoms. The van der Waals surface area contributed by atoms with Crippen LogP contribution in [0.3, 0.4) is 0 Å². The molecule has 7 nitrogen and oxygen atoms in total. The van der Waals surface area contributed by atoms with Gasteiger partial charge in [-0.2, -0.15) is 15.0 Å². The maximum atomic E-state index is 10.1. The molecule has 0 radical (unpaired) electrons. The average molecular weight is 255 g/mol. The monoisotopic (exact) mass is 255 g/mol. The zero-order valence-electron chi connectivity index (χ0n) is 11.3. The van der Waals surface area contributed by atoms with E-state index in [1.807, 2.05) is 0 Å². The zero-order chi connectivity index (χ0) is 13.8. The van der Waals surface area contributed by atoms with Crippen molar-refractivity contribution in [3.63, 3.8) is 0 Å². The Morgan fingerprint density at radius 1 is 1.39 bits per heavy atom. The molecule has 0 bridgehead atoms. The second-order valence-corrected chi connectivity index (χ2v) is 4.95. The Morgan fingerprint density at radius 3 is 2.61 bits per heavy atom. The normalized spacial score (nSPS) is 14.3. The maximum Gasteiger partial charge on any atom is 0.322 e. The number of aliphatic hydroxyl groups is 1. The van der Waals surface area contributed by atoms with Gasteiger partial charge in [-0.1, -0.05) is 13.8 Å². The number of anilines is 2. The van der Waals surface area contributed by atoms with Crippen LogP contribution in [0, 0.1) is 5.92 Å². The van der Waals surface area contributed by atoms with Crippen LogP contribution in [0.15, 0.2) is 0 Å². The van der Waals surface area contributed by atoms with Crippen LogP contribution < -0.4 is 15.8 Å². The SMILES string of the molecule is COc1nc(N)nc(NCC(C)(O)CC(C)C)n1. The molecule has 18 heavy (non-hydrogen) atoms. The van der Waals surface area contributed by atoms with E-state index in [2.05, 4.69) is 34.1 Å². The van der Waals surface area contributed by atoms with Crippen LogP contribution in [0.1, 0.15) is 27.2 Å². The minimum atomic E-state index is -0.831. The lowest BCUT2D eigenvalue weighted by atomic mass is 9.94. The van der Waals surface area contributed by atoms with Crippen molar-refractivity contribution in [2.45, 2.75) is 32.8 Å². The van der Waals surface area contributed by atoms with Gasteiger partial charge < -0.3 is 20.9 Å². The molecule has 4 N–H and O–H groups in total. The molecule has 0 saturated carbocycles. The number of hydrogen-bond donors (Lipinski definition) is 3. The molecule has 0 aliphatic heterocycles. The quantitative estimate of drug-likeness (QED) is 0.686. The van der Waals surface area contributed by atoms with Gasteiger partial charge in [0.25, 0.3) is 0 Å². The summed E-state index contributed by atoms with van der Waals surface area (Å²) in [4.78, 5) is 11.7. The molecule has 1 heterocycles. The fourth-order valence-electron chi connectivity index (χ4n) is 1.76. The summed E-state index contributed by atoms with van der Waals surface area (Å²) >= 11 is 0. The summed E-state index contributed by atoms with van der Waals surface area (Å²) in [5.74, 6) is 0.774. The molecule has 102 valence electrons. The molecule has 1 unspecified atom stereocenters. The minimum Gasteiger partial charge on any atom is -0.467 e. The zero-order valence-corrected chi connectivity index (χ0v) is 11.3. The van der Waals surface area contributed by atoms with E-state index in [-0.39, 0.29) is 12.0 Å². The molecule has 0 spiro atoms. The van der Waals surface area contributed by atoms with Crippen molar-refractivity contribution in [3.8, 4) is 6.01 Å². The predicted molar refractivity (Wildman–Crippen MR) is 69.4 cm³/mol. The highest BCUT2D eigenvalue weighted by Gasteiger charge is 2.22. The second-order valence-electron chi connectivity index (χ2n) is 4.95. The number of nitrogen functional groups attached to an aromatic ring is 1. The highest BCUT2D eigenvalue weighted by molar-refractivity contribution is 5.32. The largest absolute Gasteiger partial charge is 0.467 e. The molecular formula is C11H21N5O2. The van der Waals surface area contributed by atoms with E-state index in [4.69, 9.17) is 10.5 Å². The molecular weight excluding hydrogens is 234 g/mol. The summed E-state index contributed by atoms with van der Waals surface area (Å²) in [6.07, 6.45) is 0.678. The van der Waals surface area contributed by atoms with Gasteiger partial charge in [-0.15, -0.1) is 0 Å². The lowest BCUT2D eigenvalue weighted by molar-refractivity contribution is 0.0513. The third-order valence-electron chi connectivity index (χ3n) is 2.29. The number of aromatic nitrogens is 3. The maximum absolute atomic E-state index is 10.1. The first-order valence-corrected chi connectivity index (χ1v) is 5.84. The number of rotatable bonds is 6. The topological polar surface area (TPSA) is 106 Å². The third-order valence-corrected chi connectivity index (χ3v) is 2.29. The van der Waals surface area contributed by atoms with Gasteiger partial charge in [-0.3, -0.25) is 0 Å². The molecule has 1 aromatic rings. The van der Waals surface area contributed by atoms with Crippen LogP contribution in [0.5, 0.6) is 6.01 Å². The van der Waals surface area contributed by atoms with Crippen LogP contribution in [0.25, 0.3) is 0 Å². The fourth-order valence-corrected chi connectivity index (χ4v) is 1.76. The van der Waals surface area contributed by atoms with Crippen molar-refractivity contribution >= 4 is 11.9 Å². The van der Waals surface area contributed by atoms with Crippen molar-refractivity contribution < 1.29 is 9.84 Å². The Balaban J connectivity index is 2.65. The number of methoxy groups -OCH3 is 1. The first-order valence-electron chi connectivity index (χ1n) is 5.84. The molecule has 0 aromatic carbocycles. The lowest BCUT2D eigenvalue weighted by Gasteiger charge is -2.25. The van der Waals surface area contributed by atoms with E-state index in [0.717, 1.165) is 0 Å². The summed E-state index contributed by atoms with van der Waals surface area (Å²) in [5, 5.41) is 13.1. The van der Waals surface area contributed by atoms with E-state index in [9.17, 15) is 5.11 Å². The van der Waals surface area contributed by atoms with Gasteiger partial charge in [-0.25, -0.2) is 0 Å². The molecule has 1 rings (SSSR count). The molecule has 0 saturated heterocycles. The van der Waals surface area contributed by atoms with E-state index >= 15 is 0 Å². The van der Waals surface area contributed by atoms with Gasteiger partial charge in [0.05, 0.1) is 12.7 Å². The highest BCUT2D eigenvalue weighted by atomic mass is 16.5. The van der Waals surface area contributed by atoms with Gasteiger partial charge in [0.2, 0.25) is 11.9 Å². The third kappa shape index (κ3) is 4.70. The predicted octanol–water partition coefficient (Wildman–Crippen LogP) is 0.671. The number of ether oxygens (including phenoxy) is 1. The van der Waals surface area contributed by atoms with Crippen molar-refractivity contribution in [3.05, 3.63) is 0 Å². The Kier molecular flexibility index (Phi) is 4.66. The van der Waals surface area contributed by atoms with Crippen LogP contribution in [0.2, 0.25) is 0 Å². The Hall–Kier alpha value is -1.63. The van der Waals surface area contributed by atoms with E-state index in [0.29, 0.717) is 24.8 Å². The molecule has 0 fully saturated rings. The van der Waals surface area contributed by atoms with Gasteiger partial charge in [-0.05, 0) is 19.3 Å². The van der Waals surface area contributed by atoms with Crippen LogP contribution in [-0.2, 0) is 0 Å². The number of nitrogens with zero attached hydrogens (tertiary/aromatic N) is 3. The first kappa shape index (κ1) is 14.4. The molecule has 0 aliphatic carbocycles. The van der Waals surface area contributed by atoms with Crippen LogP contribution >= 0.6 is 0 Å². The Labute approximate surface area is 107 Å². The van der Waals surface area contributed by atoms with Gasteiger partial charge >= 0.3 is 6.01 Å². The van der Waals surface area contributed by atoms with Gasteiger partial charge in [0, 0.05) is 6.54 Å². The van der Waals surface area contributed by atoms with Crippen molar-refractivity contribution in [1.82, 2.24) is 15.0 Å². The van der Waals surface area contributed by atoms with Gasteiger partial charge in [0.15, 0.2) is 0 Å². The molecule has 1 aromatic heterocycles. The summed E-state index contributed by atoms with van der Waals surface area (Å²) in [6, 6.07) is 0.147. The summed E-state index contributed by atoms with van der Waals surface area (Å²) in [7, 11) is 1.45. The Morgan fingerprint density at radius 2 is 2.06 bits per heavy atom. The highest BCUT2D eigenvalue weighted by Crippen LogP contribution is 2.17. The van der Waals surface area contributed by atoms with Crippen molar-refractivity contribution in [2.75, 3.05) is 24.7 Å². The van der Waals surface area contributed by atoms with E-state index < -0.39 is 5.60 Å². The van der Waals surface area contributed by atoms with E-state index in [1.54, 1.807) is 6.92 Å². The van der Waals surface area contributed by atoms with Crippen molar-refractivity contribution in [1.29, 1.82) is 0 Å². The second kappa shape index (κ2) is 5.81. The summed E-state index contributed by atoms with van der Waals surface area (Å²) < 4.78 is 4.89. The minimum absolute atomic E-state index is 0.0767. The standard InChI is InChI=1S/C11H21N5O2/c1-7(2)5-11(3,17)6-13-9-14-8(12)15-10(16-9)18-4/h7,17H,5-6H2,1-4H3,(H3,12,13,14,15,16). The van der Waals surface area contributed by atoms with Crippen LogP contribution in [-0.4, -0.2) is 39.3 Å². The van der Waals surface area contributed by atoms with Crippen molar-refractivity contribution in [2.24, 2.45) is 5.92 Å². The summed E-state index contributed by atoms with van der Waals surface area (Å²) in [5.41, 5.74) is 4.68. The fraction of sp³-hybridized carbons (Fsp3) is 0.727. The summed E-state index contributed by atoms with van der Waals surface area (Å²) in [6.45, 7) is 6.20. The first-order chi connectivity index (χ1) is 8.32.